The summed E-state index contributed by atoms with van der Waals surface area (Å²) >= 11 is 6.24. The fourth-order valence-corrected chi connectivity index (χ4v) is 3.09. The lowest BCUT2D eigenvalue weighted by Gasteiger charge is -2.23. The Morgan fingerprint density at radius 1 is 1.14 bits per heavy atom. The fourth-order valence-electron chi connectivity index (χ4n) is 2.93. The van der Waals surface area contributed by atoms with Crippen LogP contribution in [0.1, 0.15) is 24.5 Å². The molecule has 21 heavy (non-hydrogen) atoms. The van der Waals surface area contributed by atoms with E-state index in [2.05, 4.69) is 53.5 Å². The molecule has 3 heteroatoms. The summed E-state index contributed by atoms with van der Waals surface area (Å²) in [5.41, 5.74) is 5.28. The van der Waals surface area contributed by atoms with E-state index in [-0.39, 0.29) is 0 Å². The number of nitrogens with one attached hydrogen (secondary N) is 1. The molecule has 1 N–H and O–H groups in total. The number of hydrogen-bond acceptors (Lipinski definition) is 2. The maximum Gasteiger partial charge on any atom is 0.0471 e. The third kappa shape index (κ3) is 3.07. The standard InChI is InChI=1S/C18H21ClN2/c1-2-10-20-13-15-7-8-16(19)12-18(15)21-11-9-14-5-3-4-6-17(14)21/h3-8,12,20H,2,9-11,13H2,1H3. The van der Waals surface area contributed by atoms with E-state index in [0.717, 1.165) is 37.5 Å². The SMILES string of the molecule is CCCNCc1ccc(Cl)cc1N1CCc2ccccc21. The number of para-hydroxylation sites is 1. The Morgan fingerprint density at radius 2 is 2.00 bits per heavy atom. The summed E-state index contributed by atoms with van der Waals surface area (Å²) in [7, 11) is 0. The van der Waals surface area contributed by atoms with Crippen molar-refractivity contribution in [1.29, 1.82) is 0 Å². The highest BCUT2D eigenvalue weighted by Gasteiger charge is 2.21. The van der Waals surface area contributed by atoms with Gasteiger partial charge in [-0.3, -0.25) is 0 Å². The molecule has 0 saturated heterocycles. The second kappa shape index (κ2) is 6.50. The minimum atomic E-state index is 0.800. The fraction of sp³-hybridized carbons (Fsp3) is 0.333. The van der Waals surface area contributed by atoms with Crippen LogP contribution in [0.25, 0.3) is 0 Å². The average molecular weight is 301 g/mol. The molecule has 0 saturated carbocycles. The topological polar surface area (TPSA) is 15.3 Å². The number of rotatable bonds is 5. The maximum absolute atomic E-state index is 6.24. The first-order valence-corrected chi connectivity index (χ1v) is 8.02. The average Bonchev–Trinajstić information content (AvgIpc) is 2.93. The first kappa shape index (κ1) is 14.4. The van der Waals surface area contributed by atoms with E-state index in [4.69, 9.17) is 11.6 Å². The number of hydrogen-bond donors (Lipinski definition) is 1. The highest BCUT2D eigenvalue weighted by atomic mass is 35.5. The molecule has 2 nitrogen and oxygen atoms in total. The Labute approximate surface area is 131 Å². The molecule has 0 spiro atoms. The van der Waals surface area contributed by atoms with E-state index in [1.807, 2.05) is 6.07 Å². The van der Waals surface area contributed by atoms with E-state index in [1.165, 1.54) is 22.5 Å². The lowest BCUT2D eigenvalue weighted by Crippen LogP contribution is -2.19. The van der Waals surface area contributed by atoms with Crippen molar-refractivity contribution >= 4 is 23.0 Å². The molecule has 3 rings (SSSR count). The zero-order valence-electron chi connectivity index (χ0n) is 12.4. The van der Waals surface area contributed by atoms with Crippen molar-refractivity contribution in [2.75, 3.05) is 18.0 Å². The van der Waals surface area contributed by atoms with E-state index in [0.29, 0.717) is 0 Å². The molecular formula is C18H21ClN2. The number of nitrogens with zero attached hydrogens (tertiary/aromatic N) is 1. The molecule has 0 radical (unpaired) electrons. The normalized spacial score (nSPS) is 13.5. The summed E-state index contributed by atoms with van der Waals surface area (Å²) in [6.07, 6.45) is 2.25. The molecule has 2 aromatic rings. The largest absolute Gasteiger partial charge is 0.341 e. The van der Waals surface area contributed by atoms with Crippen molar-refractivity contribution in [3.63, 3.8) is 0 Å². The highest BCUT2D eigenvalue weighted by molar-refractivity contribution is 6.30. The zero-order chi connectivity index (χ0) is 14.7. The third-order valence-electron chi connectivity index (χ3n) is 3.97. The summed E-state index contributed by atoms with van der Waals surface area (Å²) in [5, 5.41) is 4.29. The lowest BCUT2D eigenvalue weighted by atomic mass is 10.1. The van der Waals surface area contributed by atoms with Gasteiger partial charge < -0.3 is 10.2 Å². The summed E-state index contributed by atoms with van der Waals surface area (Å²) in [5.74, 6) is 0. The van der Waals surface area contributed by atoms with Crippen LogP contribution in [0.5, 0.6) is 0 Å². The van der Waals surface area contributed by atoms with Crippen molar-refractivity contribution in [2.24, 2.45) is 0 Å². The minimum absolute atomic E-state index is 0.800. The van der Waals surface area contributed by atoms with Crippen LogP contribution in [0.4, 0.5) is 11.4 Å². The molecule has 2 aromatic carbocycles. The van der Waals surface area contributed by atoms with Crippen LogP contribution in [0.3, 0.4) is 0 Å². The Morgan fingerprint density at radius 3 is 2.86 bits per heavy atom. The number of benzene rings is 2. The molecule has 0 atom stereocenters. The van der Waals surface area contributed by atoms with Crippen LogP contribution in [0, 0.1) is 0 Å². The van der Waals surface area contributed by atoms with E-state index in [1.54, 1.807) is 0 Å². The Balaban J connectivity index is 1.92. The summed E-state index contributed by atoms with van der Waals surface area (Å²) in [6.45, 7) is 5.14. The number of halogens is 1. The van der Waals surface area contributed by atoms with Gasteiger partial charge in [0.25, 0.3) is 0 Å². The monoisotopic (exact) mass is 300 g/mol. The molecular weight excluding hydrogens is 280 g/mol. The Hall–Kier alpha value is -1.51. The minimum Gasteiger partial charge on any atom is -0.341 e. The van der Waals surface area contributed by atoms with Crippen LogP contribution in [0.15, 0.2) is 42.5 Å². The maximum atomic E-state index is 6.24. The molecule has 0 fully saturated rings. The van der Waals surface area contributed by atoms with E-state index < -0.39 is 0 Å². The summed E-state index contributed by atoms with van der Waals surface area (Å²) in [6, 6.07) is 14.9. The van der Waals surface area contributed by atoms with Crippen LogP contribution < -0.4 is 10.2 Å². The molecule has 1 aliphatic rings. The molecule has 1 aliphatic heterocycles. The van der Waals surface area contributed by atoms with Gasteiger partial charge in [0.05, 0.1) is 0 Å². The predicted molar refractivity (Wildman–Crippen MR) is 90.6 cm³/mol. The summed E-state index contributed by atoms with van der Waals surface area (Å²) in [4.78, 5) is 2.39. The summed E-state index contributed by atoms with van der Waals surface area (Å²) < 4.78 is 0. The zero-order valence-corrected chi connectivity index (χ0v) is 13.2. The molecule has 110 valence electrons. The van der Waals surface area contributed by atoms with E-state index >= 15 is 0 Å². The Kier molecular flexibility index (Phi) is 4.47. The van der Waals surface area contributed by atoms with Crippen LogP contribution >= 0.6 is 11.6 Å². The van der Waals surface area contributed by atoms with Gasteiger partial charge in [0.2, 0.25) is 0 Å². The van der Waals surface area contributed by atoms with Gasteiger partial charge >= 0.3 is 0 Å². The van der Waals surface area contributed by atoms with Gasteiger partial charge in [-0.15, -0.1) is 0 Å². The lowest BCUT2D eigenvalue weighted by molar-refractivity contribution is 0.675. The number of fused-ring (bicyclic) bond motifs is 1. The molecule has 0 aliphatic carbocycles. The molecule has 0 unspecified atom stereocenters. The van der Waals surface area contributed by atoms with Crippen LogP contribution in [-0.2, 0) is 13.0 Å². The van der Waals surface area contributed by atoms with Crippen LogP contribution in [-0.4, -0.2) is 13.1 Å². The van der Waals surface area contributed by atoms with Crippen LogP contribution in [0.2, 0.25) is 5.02 Å². The third-order valence-corrected chi connectivity index (χ3v) is 4.20. The van der Waals surface area contributed by atoms with Crippen molar-refractivity contribution < 1.29 is 0 Å². The quantitative estimate of drug-likeness (QED) is 0.816. The second-order valence-corrected chi connectivity index (χ2v) is 5.92. The molecule has 1 heterocycles. The van der Waals surface area contributed by atoms with E-state index in [9.17, 15) is 0 Å². The van der Waals surface area contributed by atoms with Gasteiger partial charge in [0.1, 0.15) is 0 Å². The van der Waals surface area contributed by atoms with Crippen molar-refractivity contribution in [3.05, 3.63) is 58.6 Å². The van der Waals surface area contributed by atoms with Crippen molar-refractivity contribution in [1.82, 2.24) is 5.32 Å². The second-order valence-electron chi connectivity index (χ2n) is 5.48. The first-order valence-electron chi connectivity index (χ1n) is 7.64. The predicted octanol–water partition coefficient (Wildman–Crippen LogP) is 4.53. The van der Waals surface area contributed by atoms with Gasteiger partial charge in [-0.05, 0) is 48.7 Å². The van der Waals surface area contributed by atoms with Gasteiger partial charge in [0, 0.05) is 29.5 Å². The van der Waals surface area contributed by atoms with Gasteiger partial charge in [-0.25, -0.2) is 0 Å². The number of anilines is 2. The smallest absolute Gasteiger partial charge is 0.0471 e. The Bertz CT molecular complexity index is 624. The van der Waals surface area contributed by atoms with Crippen molar-refractivity contribution in [2.45, 2.75) is 26.3 Å². The first-order chi connectivity index (χ1) is 10.3. The molecule has 0 bridgehead atoms. The van der Waals surface area contributed by atoms with Gasteiger partial charge in [-0.2, -0.15) is 0 Å². The highest BCUT2D eigenvalue weighted by Crippen LogP contribution is 2.37. The van der Waals surface area contributed by atoms with Gasteiger partial charge in [0.15, 0.2) is 0 Å². The molecule has 0 amide bonds. The molecule has 0 aromatic heterocycles. The van der Waals surface area contributed by atoms with Crippen molar-refractivity contribution in [3.8, 4) is 0 Å². The van der Waals surface area contributed by atoms with Gasteiger partial charge in [-0.1, -0.05) is 42.8 Å².